The molecule has 1 aromatic rings. The molecule has 1 amide bonds. The average Bonchev–Trinajstić information content (AvgIpc) is 2.69. The second-order valence-corrected chi connectivity index (χ2v) is 5.26. The van der Waals surface area contributed by atoms with Crippen molar-refractivity contribution in [2.45, 2.75) is 25.3 Å². The largest absolute Gasteiger partial charge is 0.339 e. The molecular formula is C14H19Cl2FN2O. The van der Waals surface area contributed by atoms with E-state index in [2.05, 4.69) is 5.32 Å². The van der Waals surface area contributed by atoms with Gasteiger partial charge in [-0.05, 0) is 44.5 Å². The van der Waals surface area contributed by atoms with Gasteiger partial charge in [-0.1, -0.05) is 17.7 Å². The molecule has 1 N–H and O–H groups in total. The zero-order chi connectivity index (χ0) is 13.8. The molecule has 112 valence electrons. The summed E-state index contributed by atoms with van der Waals surface area (Å²) in [4.78, 5) is 14.0. The molecule has 2 rings (SSSR count). The molecule has 1 aromatic carbocycles. The van der Waals surface area contributed by atoms with Crippen molar-refractivity contribution in [1.29, 1.82) is 0 Å². The highest BCUT2D eigenvalue weighted by Crippen LogP contribution is 2.21. The summed E-state index contributed by atoms with van der Waals surface area (Å²) in [6.07, 6.45) is 2.86. The number of halogens is 3. The van der Waals surface area contributed by atoms with Gasteiger partial charge in [-0.25, -0.2) is 4.39 Å². The highest BCUT2D eigenvalue weighted by Gasteiger charge is 2.24. The Morgan fingerprint density at radius 1 is 1.40 bits per heavy atom. The molecule has 0 saturated carbocycles. The molecular weight excluding hydrogens is 302 g/mol. The molecule has 1 atom stereocenters. The summed E-state index contributed by atoms with van der Waals surface area (Å²) < 4.78 is 13.9. The first-order valence-corrected chi connectivity index (χ1v) is 6.91. The van der Waals surface area contributed by atoms with Crippen LogP contribution >= 0.6 is 24.0 Å². The normalized spacial score (nSPS) is 18.9. The number of nitrogens with one attached hydrogen (secondary N) is 1. The van der Waals surface area contributed by atoms with Crippen LogP contribution in [0, 0.1) is 5.82 Å². The van der Waals surface area contributed by atoms with Crippen molar-refractivity contribution < 1.29 is 9.18 Å². The van der Waals surface area contributed by atoms with Crippen molar-refractivity contribution in [3.8, 4) is 0 Å². The molecule has 0 spiro atoms. The van der Waals surface area contributed by atoms with E-state index in [-0.39, 0.29) is 34.9 Å². The minimum absolute atomic E-state index is 0. The maximum absolute atomic E-state index is 13.9. The van der Waals surface area contributed by atoms with Crippen LogP contribution in [-0.2, 0) is 0 Å². The maximum Gasteiger partial charge on any atom is 0.256 e. The van der Waals surface area contributed by atoms with Gasteiger partial charge in [0.15, 0.2) is 5.82 Å². The van der Waals surface area contributed by atoms with Gasteiger partial charge >= 0.3 is 0 Å². The van der Waals surface area contributed by atoms with Crippen molar-refractivity contribution >= 4 is 29.9 Å². The Morgan fingerprint density at radius 2 is 2.15 bits per heavy atom. The molecule has 1 aliphatic rings. The lowest BCUT2D eigenvalue weighted by Crippen LogP contribution is -2.38. The monoisotopic (exact) mass is 320 g/mol. The second-order valence-electron chi connectivity index (χ2n) is 4.85. The van der Waals surface area contributed by atoms with Crippen LogP contribution in [0.5, 0.6) is 0 Å². The molecule has 0 aromatic heterocycles. The molecule has 1 aliphatic heterocycles. The first-order chi connectivity index (χ1) is 9.11. The van der Waals surface area contributed by atoms with Crippen molar-refractivity contribution in [3.63, 3.8) is 0 Å². The average molecular weight is 321 g/mol. The predicted molar refractivity (Wildman–Crippen MR) is 81.3 cm³/mol. The van der Waals surface area contributed by atoms with Crippen molar-refractivity contribution in [2.24, 2.45) is 0 Å². The van der Waals surface area contributed by atoms with Gasteiger partial charge in [0.1, 0.15) is 0 Å². The lowest BCUT2D eigenvalue weighted by atomic mass is 10.1. The summed E-state index contributed by atoms with van der Waals surface area (Å²) in [5, 5.41) is 3.29. The number of nitrogens with zero attached hydrogens (tertiary/aromatic N) is 1. The van der Waals surface area contributed by atoms with E-state index in [0.29, 0.717) is 0 Å². The van der Waals surface area contributed by atoms with E-state index in [9.17, 15) is 9.18 Å². The third-order valence-electron chi connectivity index (χ3n) is 3.60. The van der Waals surface area contributed by atoms with Gasteiger partial charge < -0.3 is 10.2 Å². The van der Waals surface area contributed by atoms with Gasteiger partial charge in [-0.15, -0.1) is 12.4 Å². The van der Waals surface area contributed by atoms with Gasteiger partial charge in [0, 0.05) is 13.1 Å². The maximum atomic E-state index is 13.9. The zero-order valence-electron chi connectivity index (χ0n) is 11.4. The van der Waals surface area contributed by atoms with Crippen LogP contribution in [0.4, 0.5) is 4.39 Å². The lowest BCUT2D eigenvalue weighted by Gasteiger charge is -2.27. The second kappa shape index (κ2) is 7.81. The summed E-state index contributed by atoms with van der Waals surface area (Å²) in [5.74, 6) is -0.931. The fraction of sp³-hybridized carbons (Fsp3) is 0.500. The summed E-state index contributed by atoms with van der Waals surface area (Å²) in [6, 6.07) is 4.68. The molecule has 1 saturated heterocycles. The lowest BCUT2D eigenvalue weighted by molar-refractivity contribution is 0.0715. The van der Waals surface area contributed by atoms with Gasteiger partial charge in [0.2, 0.25) is 0 Å². The Balaban J connectivity index is 0.00000200. The van der Waals surface area contributed by atoms with E-state index in [1.54, 1.807) is 18.0 Å². The Labute approximate surface area is 129 Å². The summed E-state index contributed by atoms with van der Waals surface area (Å²) >= 11 is 5.72. The SMILES string of the molecule is CN(C(=O)c1cccc(Cl)c1F)C1CCCNCC1.Cl. The van der Waals surface area contributed by atoms with Gasteiger partial charge in [-0.3, -0.25) is 4.79 Å². The van der Waals surface area contributed by atoms with E-state index >= 15 is 0 Å². The van der Waals surface area contributed by atoms with E-state index in [4.69, 9.17) is 11.6 Å². The zero-order valence-corrected chi connectivity index (χ0v) is 12.9. The van der Waals surface area contributed by atoms with Crippen molar-refractivity contribution in [1.82, 2.24) is 10.2 Å². The van der Waals surface area contributed by atoms with Crippen LogP contribution < -0.4 is 5.32 Å². The van der Waals surface area contributed by atoms with Crippen LogP contribution in [0.1, 0.15) is 29.6 Å². The fourth-order valence-electron chi connectivity index (χ4n) is 2.41. The Morgan fingerprint density at radius 3 is 2.90 bits per heavy atom. The molecule has 1 unspecified atom stereocenters. The minimum atomic E-state index is -0.632. The van der Waals surface area contributed by atoms with Crippen molar-refractivity contribution in [2.75, 3.05) is 20.1 Å². The summed E-state index contributed by atoms with van der Waals surface area (Å²) in [5.41, 5.74) is 0.0483. The third kappa shape index (κ3) is 3.84. The Hall–Kier alpha value is -0.840. The van der Waals surface area contributed by atoms with Gasteiger partial charge in [0.25, 0.3) is 5.91 Å². The quantitative estimate of drug-likeness (QED) is 0.908. The molecule has 1 fully saturated rings. The molecule has 20 heavy (non-hydrogen) atoms. The summed E-state index contributed by atoms with van der Waals surface area (Å²) in [6.45, 7) is 1.87. The van der Waals surface area contributed by atoms with Crippen LogP contribution in [-0.4, -0.2) is 37.0 Å². The van der Waals surface area contributed by atoms with Crippen LogP contribution in [0.15, 0.2) is 18.2 Å². The molecule has 1 heterocycles. The topological polar surface area (TPSA) is 32.3 Å². The first kappa shape index (κ1) is 17.2. The standard InChI is InChI=1S/C14H18ClFN2O.ClH/c1-18(10-4-3-8-17-9-7-10)14(19)11-5-2-6-12(15)13(11)16;/h2,5-6,10,17H,3-4,7-9H2,1H3;1H. The highest BCUT2D eigenvalue weighted by molar-refractivity contribution is 6.31. The number of amides is 1. The molecule has 0 radical (unpaired) electrons. The minimum Gasteiger partial charge on any atom is -0.339 e. The van der Waals surface area contributed by atoms with Crippen LogP contribution in [0.25, 0.3) is 0 Å². The Bertz CT molecular complexity index is 462. The first-order valence-electron chi connectivity index (χ1n) is 6.53. The number of benzene rings is 1. The van der Waals surface area contributed by atoms with Crippen LogP contribution in [0.3, 0.4) is 0 Å². The number of carbonyl (C=O) groups is 1. The number of rotatable bonds is 2. The number of hydrogen-bond acceptors (Lipinski definition) is 2. The van der Waals surface area contributed by atoms with E-state index < -0.39 is 5.82 Å². The molecule has 3 nitrogen and oxygen atoms in total. The fourth-order valence-corrected chi connectivity index (χ4v) is 2.59. The van der Waals surface area contributed by atoms with E-state index in [0.717, 1.165) is 32.4 Å². The van der Waals surface area contributed by atoms with E-state index in [1.807, 2.05) is 0 Å². The number of carbonyl (C=O) groups excluding carboxylic acids is 1. The van der Waals surface area contributed by atoms with Crippen LogP contribution in [0.2, 0.25) is 5.02 Å². The predicted octanol–water partition coefficient (Wildman–Crippen LogP) is 3.12. The number of hydrogen-bond donors (Lipinski definition) is 1. The smallest absolute Gasteiger partial charge is 0.256 e. The molecule has 6 heteroatoms. The summed E-state index contributed by atoms with van der Waals surface area (Å²) in [7, 11) is 1.73. The third-order valence-corrected chi connectivity index (χ3v) is 3.89. The highest BCUT2D eigenvalue weighted by atomic mass is 35.5. The van der Waals surface area contributed by atoms with Crippen molar-refractivity contribution in [3.05, 3.63) is 34.6 Å². The van der Waals surface area contributed by atoms with Gasteiger partial charge in [-0.2, -0.15) is 0 Å². The van der Waals surface area contributed by atoms with E-state index in [1.165, 1.54) is 12.1 Å². The molecule has 0 aliphatic carbocycles. The van der Waals surface area contributed by atoms with Gasteiger partial charge in [0.05, 0.1) is 10.6 Å². The Kier molecular flexibility index (Phi) is 6.72. The molecule has 0 bridgehead atoms.